The van der Waals surface area contributed by atoms with E-state index in [0.717, 1.165) is 12.1 Å². The first kappa shape index (κ1) is 15.9. The summed E-state index contributed by atoms with van der Waals surface area (Å²) in [6.07, 6.45) is 0.444. The molecule has 0 aliphatic rings. The molecule has 0 aliphatic heterocycles. The highest BCUT2D eigenvalue weighted by molar-refractivity contribution is 6.30. The smallest absolute Gasteiger partial charge is 0.127 e. The number of rotatable bonds is 5. The van der Waals surface area contributed by atoms with Crippen LogP contribution in [0.1, 0.15) is 29.7 Å². The number of hydrogen-bond acceptors (Lipinski definition) is 1. The van der Waals surface area contributed by atoms with Crippen LogP contribution in [0.5, 0.6) is 0 Å². The van der Waals surface area contributed by atoms with Crippen LogP contribution in [0.3, 0.4) is 0 Å². The maximum absolute atomic E-state index is 13.9. The van der Waals surface area contributed by atoms with Crippen molar-refractivity contribution in [1.29, 1.82) is 0 Å². The Morgan fingerprint density at radius 2 is 1.86 bits per heavy atom. The van der Waals surface area contributed by atoms with Crippen molar-refractivity contribution in [1.82, 2.24) is 5.32 Å². The topological polar surface area (TPSA) is 12.0 Å². The van der Waals surface area contributed by atoms with Crippen molar-refractivity contribution in [2.75, 3.05) is 6.54 Å². The van der Waals surface area contributed by atoms with Gasteiger partial charge in [0.25, 0.3) is 0 Å². The van der Waals surface area contributed by atoms with E-state index in [9.17, 15) is 8.78 Å². The van der Waals surface area contributed by atoms with Crippen molar-refractivity contribution in [3.8, 4) is 0 Å². The SMILES string of the molecule is CCNC(Cc1ccc(Cl)cc1F)c1ccc(C)c(F)c1. The summed E-state index contributed by atoms with van der Waals surface area (Å²) < 4.78 is 27.7. The summed E-state index contributed by atoms with van der Waals surface area (Å²) in [7, 11) is 0. The molecular weight excluding hydrogens is 292 g/mol. The van der Waals surface area contributed by atoms with E-state index in [-0.39, 0.29) is 17.7 Å². The summed E-state index contributed by atoms with van der Waals surface area (Å²) in [5.41, 5.74) is 1.98. The Balaban J connectivity index is 2.28. The van der Waals surface area contributed by atoms with Gasteiger partial charge in [-0.05, 0) is 54.8 Å². The van der Waals surface area contributed by atoms with Gasteiger partial charge in [-0.1, -0.05) is 36.7 Å². The minimum atomic E-state index is -0.335. The Bertz CT molecular complexity index is 628. The van der Waals surface area contributed by atoms with Crippen LogP contribution in [-0.2, 0) is 6.42 Å². The van der Waals surface area contributed by atoms with Gasteiger partial charge in [0.1, 0.15) is 11.6 Å². The van der Waals surface area contributed by atoms with Crippen LogP contribution in [-0.4, -0.2) is 6.54 Å². The molecule has 1 nitrogen and oxygen atoms in total. The first-order valence-electron chi connectivity index (χ1n) is 6.94. The highest BCUT2D eigenvalue weighted by Gasteiger charge is 2.15. The van der Waals surface area contributed by atoms with Crippen molar-refractivity contribution in [2.45, 2.75) is 26.3 Å². The summed E-state index contributed by atoms with van der Waals surface area (Å²) in [5.74, 6) is -0.579. The Kier molecular flexibility index (Phi) is 5.32. The van der Waals surface area contributed by atoms with Crippen LogP contribution in [0.2, 0.25) is 5.02 Å². The Labute approximate surface area is 128 Å². The lowest BCUT2D eigenvalue weighted by Crippen LogP contribution is -2.23. The monoisotopic (exact) mass is 309 g/mol. The van der Waals surface area contributed by atoms with Crippen molar-refractivity contribution in [2.24, 2.45) is 0 Å². The predicted molar refractivity (Wildman–Crippen MR) is 82.7 cm³/mol. The minimum absolute atomic E-state index is 0.138. The number of likely N-dealkylation sites (N-methyl/N-ethyl adjacent to an activating group) is 1. The number of nitrogens with one attached hydrogen (secondary N) is 1. The third-order valence-corrected chi connectivity index (χ3v) is 3.72. The highest BCUT2D eigenvalue weighted by Crippen LogP contribution is 2.23. The first-order chi connectivity index (χ1) is 10.0. The lowest BCUT2D eigenvalue weighted by molar-refractivity contribution is 0.523. The molecule has 1 atom stereocenters. The van der Waals surface area contributed by atoms with E-state index < -0.39 is 0 Å². The fourth-order valence-electron chi connectivity index (χ4n) is 2.29. The van der Waals surface area contributed by atoms with Gasteiger partial charge in [-0.3, -0.25) is 0 Å². The molecular formula is C17H18ClF2N. The molecule has 0 radical (unpaired) electrons. The number of hydrogen-bond donors (Lipinski definition) is 1. The van der Waals surface area contributed by atoms with Gasteiger partial charge < -0.3 is 5.32 Å². The maximum Gasteiger partial charge on any atom is 0.127 e. The van der Waals surface area contributed by atoms with Crippen LogP contribution in [0.25, 0.3) is 0 Å². The molecule has 0 aromatic heterocycles. The highest BCUT2D eigenvalue weighted by atomic mass is 35.5. The van der Waals surface area contributed by atoms with Crippen molar-refractivity contribution < 1.29 is 8.78 Å². The molecule has 0 heterocycles. The third-order valence-electron chi connectivity index (χ3n) is 3.49. The molecule has 0 bridgehead atoms. The summed E-state index contributed by atoms with van der Waals surface area (Å²) in [6, 6.07) is 9.63. The molecule has 1 N–H and O–H groups in total. The zero-order valence-electron chi connectivity index (χ0n) is 12.1. The second kappa shape index (κ2) is 7.01. The van der Waals surface area contributed by atoms with Crippen LogP contribution >= 0.6 is 11.6 Å². The lowest BCUT2D eigenvalue weighted by Gasteiger charge is -2.19. The number of aryl methyl sites for hydroxylation is 1. The van der Waals surface area contributed by atoms with Gasteiger partial charge in [0, 0.05) is 11.1 Å². The van der Waals surface area contributed by atoms with Crippen molar-refractivity contribution in [3.63, 3.8) is 0 Å². The molecule has 2 aromatic rings. The van der Waals surface area contributed by atoms with E-state index >= 15 is 0 Å². The predicted octanol–water partition coefficient (Wildman–Crippen LogP) is 4.82. The second-order valence-electron chi connectivity index (χ2n) is 5.06. The molecule has 0 saturated carbocycles. The van der Waals surface area contributed by atoms with E-state index in [0.29, 0.717) is 22.6 Å². The molecule has 21 heavy (non-hydrogen) atoms. The van der Waals surface area contributed by atoms with Crippen molar-refractivity contribution >= 4 is 11.6 Å². The fraction of sp³-hybridized carbons (Fsp3) is 0.294. The Morgan fingerprint density at radius 3 is 2.48 bits per heavy atom. The Hall–Kier alpha value is -1.45. The first-order valence-corrected chi connectivity index (χ1v) is 7.32. The van der Waals surface area contributed by atoms with Gasteiger partial charge in [0.15, 0.2) is 0 Å². The van der Waals surface area contributed by atoms with Gasteiger partial charge in [0.2, 0.25) is 0 Å². The molecule has 0 saturated heterocycles. The summed E-state index contributed by atoms with van der Waals surface area (Å²) in [6.45, 7) is 4.41. The standard InChI is InChI=1S/C17H18ClF2N/c1-3-21-17(13-5-4-11(2)15(19)8-13)9-12-6-7-14(18)10-16(12)20/h4-8,10,17,21H,3,9H2,1-2H3. The molecule has 1 unspecified atom stereocenters. The third kappa shape index (κ3) is 4.02. The normalized spacial score (nSPS) is 12.4. The van der Waals surface area contributed by atoms with E-state index in [4.69, 9.17) is 11.6 Å². The molecule has 0 fully saturated rings. The van der Waals surface area contributed by atoms with Gasteiger partial charge in [0.05, 0.1) is 0 Å². The zero-order valence-corrected chi connectivity index (χ0v) is 12.8. The van der Waals surface area contributed by atoms with E-state index in [1.54, 1.807) is 25.1 Å². The molecule has 0 amide bonds. The van der Waals surface area contributed by atoms with E-state index in [1.807, 2.05) is 13.0 Å². The van der Waals surface area contributed by atoms with Crippen LogP contribution in [0, 0.1) is 18.6 Å². The average Bonchev–Trinajstić information content (AvgIpc) is 2.44. The molecule has 112 valence electrons. The van der Waals surface area contributed by atoms with Gasteiger partial charge in [-0.25, -0.2) is 8.78 Å². The van der Waals surface area contributed by atoms with Crippen LogP contribution in [0.4, 0.5) is 8.78 Å². The molecule has 4 heteroatoms. The largest absolute Gasteiger partial charge is 0.310 e. The van der Waals surface area contributed by atoms with E-state index in [1.165, 1.54) is 12.1 Å². The van der Waals surface area contributed by atoms with Crippen LogP contribution < -0.4 is 5.32 Å². The summed E-state index contributed by atoms with van der Waals surface area (Å²) in [4.78, 5) is 0. The van der Waals surface area contributed by atoms with Crippen LogP contribution in [0.15, 0.2) is 36.4 Å². The summed E-state index contributed by atoms with van der Waals surface area (Å²) >= 11 is 5.76. The minimum Gasteiger partial charge on any atom is -0.310 e. The zero-order chi connectivity index (χ0) is 15.4. The average molecular weight is 310 g/mol. The molecule has 2 aromatic carbocycles. The van der Waals surface area contributed by atoms with E-state index in [2.05, 4.69) is 5.32 Å². The fourth-order valence-corrected chi connectivity index (χ4v) is 2.45. The number of benzene rings is 2. The Morgan fingerprint density at radius 1 is 1.10 bits per heavy atom. The quantitative estimate of drug-likeness (QED) is 0.835. The summed E-state index contributed by atoms with van der Waals surface area (Å²) in [5, 5.41) is 3.64. The van der Waals surface area contributed by atoms with Gasteiger partial charge in [-0.2, -0.15) is 0 Å². The molecule has 0 aliphatic carbocycles. The second-order valence-corrected chi connectivity index (χ2v) is 5.50. The molecule has 2 rings (SSSR count). The maximum atomic E-state index is 13.9. The lowest BCUT2D eigenvalue weighted by atomic mass is 9.97. The van der Waals surface area contributed by atoms with Gasteiger partial charge >= 0.3 is 0 Å². The van der Waals surface area contributed by atoms with Gasteiger partial charge in [-0.15, -0.1) is 0 Å². The molecule has 0 spiro atoms. The number of halogens is 3. The van der Waals surface area contributed by atoms with Crippen molar-refractivity contribution in [3.05, 3.63) is 69.7 Å².